The van der Waals surface area contributed by atoms with Crippen molar-refractivity contribution in [1.29, 1.82) is 0 Å². The molecule has 2 rings (SSSR count). The monoisotopic (exact) mass is 335 g/mol. The van der Waals surface area contributed by atoms with Crippen molar-refractivity contribution < 1.29 is 14.3 Å². The number of carbonyl (C=O) groups is 2. The zero-order valence-corrected chi connectivity index (χ0v) is 14.5. The molecule has 0 atom stereocenters. The summed E-state index contributed by atoms with van der Waals surface area (Å²) in [5, 5.41) is 2.84. The van der Waals surface area contributed by atoms with Gasteiger partial charge in [-0.15, -0.1) is 0 Å². The van der Waals surface area contributed by atoms with Crippen LogP contribution in [0.1, 0.15) is 31.1 Å². The van der Waals surface area contributed by atoms with Crippen LogP contribution in [0.2, 0.25) is 0 Å². The van der Waals surface area contributed by atoms with E-state index in [1.165, 1.54) is 12.4 Å². The smallest absolute Gasteiger partial charge is 0.409 e. The number of ether oxygens (including phenoxy) is 1. The van der Waals surface area contributed by atoms with E-state index < -0.39 is 0 Å². The Hall–Kier alpha value is -2.38. The average molecular weight is 335 g/mol. The second-order valence-corrected chi connectivity index (χ2v) is 6.05. The number of piperazine rings is 1. The lowest BCUT2D eigenvalue weighted by Gasteiger charge is -2.33. The molecule has 1 fully saturated rings. The molecule has 1 aliphatic heterocycles. The fraction of sp³-hybridized carbons (Fsp3) is 0.625. The number of anilines is 1. The molecule has 0 spiro atoms. The topological polar surface area (TPSA) is 87.7 Å². The van der Waals surface area contributed by atoms with Crippen molar-refractivity contribution in [3.63, 3.8) is 0 Å². The molecule has 1 aromatic heterocycles. The first-order chi connectivity index (χ1) is 11.5. The van der Waals surface area contributed by atoms with Crippen LogP contribution in [0.3, 0.4) is 0 Å². The van der Waals surface area contributed by atoms with Gasteiger partial charge in [-0.05, 0) is 12.8 Å². The molecule has 2 amide bonds. The first-order valence-electron chi connectivity index (χ1n) is 8.28. The Kier molecular flexibility index (Phi) is 6.34. The van der Waals surface area contributed by atoms with Gasteiger partial charge in [0.05, 0.1) is 12.2 Å². The van der Waals surface area contributed by atoms with Gasteiger partial charge in [-0.2, -0.15) is 0 Å². The highest BCUT2D eigenvalue weighted by molar-refractivity contribution is 5.93. The molecular weight excluding hydrogens is 310 g/mol. The van der Waals surface area contributed by atoms with E-state index in [2.05, 4.69) is 15.3 Å². The number of hydrogen-bond acceptors (Lipinski definition) is 6. The highest BCUT2D eigenvalue weighted by atomic mass is 16.6. The van der Waals surface area contributed by atoms with E-state index in [9.17, 15) is 9.59 Å². The van der Waals surface area contributed by atoms with Crippen molar-refractivity contribution in [2.24, 2.45) is 5.92 Å². The Morgan fingerprint density at radius 2 is 1.83 bits per heavy atom. The highest BCUT2D eigenvalue weighted by Crippen LogP contribution is 2.11. The molecule has 8 nitrogen and oxygen atoms in total. The van der Waals surface area contributed by atoms with Crippen LogP contribution in [0, 0.1) is 5.92 Å². The lowest BCUT2D eigenvalue weighted by atomic mass is 10.2. The second-order valence-electron chi connectivity index (χ2n) is 6.05. The predicted octanol–water partition coefficient (Wildman–Crippen LogP) is 1.14. The van der Waals surface area contributed by atoms with Crippen molar-refractivity contribution in [2.75, 3.05) is 44.2 Å². The molecule has 0 aromatic carbocycles. The average Bonchev–Trinajstić information content (AvgIpc) is 2.60. The van der Waals surface area contributed by atoms with Gasteiger partial charge in [0.2, 0.25) is 5.95 Å². The molecule has 0 aliphatic carbocycles. The number of carbonyl (C=O) groups excluding carboxylic acids is 2. The fourth-order valence-electron chi connectivity index (χ4n) is 2.30. The van der Waals surface area contributed by atoms with Crippen LogP contribution in [-0.2, 0) is 4.74 Å². The molecule has 8 heteroatoms. The van der Waals surface area contributed by atoms with Gasteiger partial charge in [0, 0.05) is 45.1 Å². The zero-order chi connectivity index (χ0) is 17.5. The molecule has 1 aliphatic rings. The van der Waals surface area contributed by atoms with Crippen molar-refractivity contribution in [1.82, 2.24) is 20.2 Å². The number of amides is 2. The normalized spacial score (nSPS) is 14.7. The lowest BCUT2D eigenvalue weighted by molar-refractivity contribution is 0.0947. The van der Waals surface area contributed by atoms with Crippen LogP contribution < -0.4 is 10.2 Å². The van der Waals surface area contributed by atoms with Crippen LogP contribution in [0.5, 0.6) is 0 Å². The van der Waals surface area contributed by atoms with E-state index in [1.807, 2.05) is 18.7 Å². The van der Waals surface area contributed by atoms with Gasteiger partial charge >= 0.3 is 6.09 Å². The molecule has 1 aromatic rings. The molecular formula is C16H25N5O3. The molecule has 1 N–H and O–H groups in total. The number of hydrogen-bond donors (Lipinski definition) is 1. The van der Waals surface area contributed by atoms with Gasteiger partial charge in [-0.3, -0.25) is 4.79 Å². The number of aromatic nitrogens is 2. The minimum Gasteiger partial charge on any atom is -0.450 e. The third-order valence-electron chi connectivity index (χ3n) is 3.66. The second kappa shape index (κ2) is 8.47. The van der Waals surface area contributed by atoms with E-state index in [1.54, 1.807) is 11.8 Å². The molecule has 0 bridgehead atoms. The van der Waals surface area contributed by atoms with Crippen LogP contribution in [0.4, 0.5) is 10.7 Å². The Morgan fingerprint density at radius 3 is 2.38 bits per heavy atom. The summed E-state index contributed by atoms with van der Waals surface area (Å²) < 4.78 is 5.00. The molecule has 132 valence electrons. The van der Waals surface area contributed by atoms with Crippen molar-refractivity contribution in [3.05, 3.63) is 18.0 Å². The Bertz CT molecular complexity index is 553. The minimum absolute atomic E-state index is 0.164. The van der Waals surface area contributed by atoms with Crippen molar-refractivity contribution in [3.8, 4) is 0 Å². The van der Waals surface area contributed by atoms with E-state index in [-0.39, 0.29) is 12.0 Å². The van der Waals surface area contributed by atoms with E-state index in [0.29, 0.717) is 56.8 Å². The summed E-state index contributed by atoms with van der Waals surface area (Å²) >= 11 is 0. The third kappa shape index (κ3) is 4.81. The standard InChI is InChI=1S/C16H25N5O3/c1-4-24-16(23)21-7-5-20(6-8-21)15-18-10-13(11-19-15)14(22)17-9-12(2)3/h10-12H,4-9H2,1-3H3,(H,17,22). The minimum atomic E-state index is -0.282. The molecule has 24 heavy (non-hydrogen) atoms. The van der Waals surface area contributed by atoms with Gasteiger partial charge in [0.25, 0.3) is 5.91 Å². The molecule has 0 saturated carbocycles. The van der Waals surface area contributed by atoms with Crippen LogP contribution in [0.25, 0.3) is 0 Å². The fourth-order valence-corrected chi connectivity index (χ4v) is 2.30. The van der Waals surface area contributed by atoms with Crippen molar-refractivity contribution in [2.45, 2.75) is 20.8 Å². The van der Waals surface area contributed by atoms with Gasteiger partial charge in [0.15, 0.2) is 0 Å². The molecule has 1 saturated heterocycles. The maximum Gasteiger partial charge on any atom is 0.409 e. The zero-order valence-electron chi connectivity index (χ0n) is 14.5. The highest BCUT2D eigenvalue weighted by Gasteiger charge is 2.23. The molecule has 0 radical (unpaired) electrons. The first-order valence-corrected chi connectivity index (χ1v) is 8.28. The quantitative estimate of drug-likeness (QED) is 0.868. The summed E-state index contributed by atoms with van der Waals surface area (Å²) in [5.74, 6) is 0.797. The van der Waals surface area contributed by atoms with Gasteiger partial charge < -0.3 is 19.9 Å². The van der Waals surface area contributed by atoms with E-state index in [0.717, 1.165) is 0 Å². The first kappa shape index (κ1) is 18.0. The largest absolute Gasteiger partial charge is 0.450 e. The summed E-state index contributed by atoms with van der Waals surface area (Å²) in [7, 11) is 0. The summed E-state index contributed by atoms with van der Waals surface area (Å²) in [6.45, 7) is 9.28. The van der Waals surface area contributed by atoms with Crippen LogP contribution in [-0.4, -0.2) is 66.2 Å². The summed E-state index contributed by atoms with van der Waals surface area (Å²) in [6.07, 6.45) is 2.79. The predicted molar refractivity (Wildman–Crippen MR) is 90.0 cm³/mol. The number of nitrogens with zero attached hydrogens (tertiary/aromatic N) is 4. The van der Waals surface area contributed by atoms with E-state index >= 15 is 0 Å². The summed E-state index contributed by atoms with van der Waals surface area (Å²) in [5.41, 5.74) is 0.449. The van der Waals surface area contributed by atoms with E-state index in [4.69, 9.17) is 4.74 Å². The summed E-state index contributed by atoms with van der Waals surface area (Å²) in [6, 6.07) is 0. The Balaban J connectivity index is 1.88. The number of rotatable bonds is 5. The van der Waals surface area contributed by atoms with Crippen molar-refractivity contribution >= 4 is 17.9 Å². The number of nitrogens with one attached hydrogen (secondary N) is 1. The summed E-state index contributed by atoms with van der Waals surface area (Å²) in [4.78, 5) is 35.9. The van der Waals surface area contributed by atoms with Gasteiger partial charge in [0.1, 0.15) is 0 Å². The maximum absolute atomic E-state index is 12.0. The van der Waals surface area contributed by atoms with Gasteiger partial charge in [-0.25, -0.2) is 14.8 Å². The molecule has 2 heterocycles. The van der Waals surface area contributed by atoms with Crippen LogP contribution >= 0.6 is 0 Å². The van der Waals surface area contributed by atoms with Crippen LogP contribution in [0.15, 0.2) is 12.4 Å². The Labute approximate surface area is 142 Å². The van der Waals surface area contributed by atoms with Gasteiger partial charge in [-0.1, -0.05) is 13.8 Å². The SMILES string of the molecule is CCOC(=O)N1CCN(c2ncc(C(=O)NCC(C)C)cn2)CC1. The third-order valence-corrected chi connectivity index (χ3v) is 3.66. The molecule has 0 unspecified atom stereocenters. The maximum atomic E-state index is 12.0. The Morgan fingerprint density at radius 1 is 1.21 bits per heavy atom. The lowest BCUT2D eigenvalue weighted by Crippen LogP contribution is -2.49.